The van der Waals surface area contributed by atoms with E-state index in [2.05, 4.69) is 20.9 Å². The smallest absolute Gasteiger partial charge is 0.172 e. The van der Waals surface area contributed by atoms with E-state index >= 15 is 0 Å². The molecule has 75 valence electrons. The number of nitrogens with zero attached hydrogens (tertiary/aromatic N) is 3. The van der Waals surface area contributed by atoms with Gasteiger partial charge in [0.1, 0.15) is 0 Å². The Morgan fingerprint density at radius 1 is 1.33 bits per heavy atom. The molecule has 0 bridgehead atoms. The van der Waals surface area contributed by atoms with Gasteiger partial charge in [-0.1, -0.05) is 24.5 Å². The number of aromatic nitrogens is 2. The first kappa shape index (κ1) is 11.5. The molecule has 0 saturated carbocycles. The molecular weight excluding hydrogens is 366 g/mol. The third kappa shape index (κ3) is 2.47. The molecule has 0 spiro atoms. The molecule has 0 aliphatic rings. The molecule has 0 aliphatic carbocycles. The Morgan fingerprint density at radius 3 is 2.87 bits per heavy atom. The Kier molecular flexibility index (Phi) is 4.11. The fourth-order valence-electron chi connectivity index (χ4n) is 1.15. The predicted molar refractivity (Wildman–Crippen MR) is 52.6 cm³/mol. The van der Waals surface area contributed by atoms with Gasteiger partial charge >= 0.3 is 0 Å². The molecule has 0 saturated heterocycles. The Hall–Kier alpha value is -1.56. The Morgan fingerprint density at radius 2 is 2.20 bits per heavy atom. The monoisotopic (exact) mass is 373 g/mol. The average Bonchev–Trinajstić information content (AvgIpc) is 2.30. The molecule has 0 fully saturated rings. The molecule has 0 N–H and O–H groups in total. The first-order valence-electron chi connectivity index (χ1n) is 4.06. The maximum atomic E-state index is 6.98. The van der Waals surface area contributed by atoms with E-state index in [9.17, 15) is 0 Å². The van der Waals surface area contributed by atoms with Crippen molar-refractivity contribution in [1.82, 2.24) is 9.97 Å². The number of hydrogen-bond donors (Lipinski definition) is 0. The van der Waals surface area contributed by atoms with Crippen molar-refractivity contribution in [2.45, 2.75) is 0 Å². The van der Waals surface area contributed by atoms with Crippen LogP contribution in [0.2, 0.25) is 0 Å². The van der Waals surface area contributed by atoms with Crippen molar-refractivity contribution in [2.24, 2.45) is 0 Å². The molecule has 0 atom stereocenters. The van der Waals surface area contributed by atoms with E-state index < -0.39 is 0 Å². The molecule has 4 heteroatoms. The molecule has 0 aromatic carbocycles. The van der Waals surface area contributed by atoms with Crippen molar-refractivity contribution in [3.8, 4) is 11.3 Å². The van der Waals surface area contributed by atoms with Crippen LogP contribution in [0.1, 0.15) is 0 Å². The van der Waals surface area contributed by atoms with E-state index in [1.165, 1.54) is 0 Å². The normalized spacial score (nSPS) is 8.73. The van der Waals surface area contributed by atoms with Crippen LogP contribution in [0.15, 0.2) is 36.8 Å². The van der Waals surface area contributed by atoms with Crippen LogP contribution < -0.4 is 0 Å². The van der Waals surface area contributed by atoms with Crippen molar-refractivity contribution in [1.29, 1.82) is 0 Å². The van der Waals surface area contributed by atoms with E-state index in [1.807, 2.05) is 0 Å². The van der Waals surface area contributed by atoms with Gasteiger partial charge in [0.05, 0.1) is 6.57 Å². The van der Waals surface area contributed by atoms with E-state index in [0.717, 1.165) is 5.56 Å². The topological polar surface area (TPSA) is 30.1 Å². The van der Waals surface area contributed by atoms with Crippen LogP contribution in [0.25, 0.3) is 16.1 Å². The zero-order chi connectivity index (χ0) is 9.80. The summed E-state index contributed by atoms with van der Waals surface area (Å²) < 4.78 is 0. The quantitative estimate of drug-likeness (QED) is 0.720. The second kappa shape index (κ2) is 5.35. The second-order valence-corrected chi connectivity index (χ2v) is 2.63. The summed E-state index contributed by atoms with van der Waals surface area (Å²) in [5.74, 6) is 0. The third-order valence-corrected chi connectivity index (χ3v) is 1.77. The molecule has 2 aromatic heterocycles. The van der Waals surface area contributed by atoms with Crippen LogP contribution in [0.5, 0.6) is 0 Å². The molecule has 2 aromatic rings. The fourth-order valence-corrected chi connectivity index (χ4v) is 1.15. The second-order valence-electron chi connectivity index (χ2n) is 2.63. The maximum Gasteiger partial charge on any atom is 0.172 e. The van der Waals surface area contributed by atoms with Gasteiger partial charge in [-0.05, 0) is 5.69 Å². The third-order valence-electron chi connectivity index (χ3n) is 1.77. The minimum Gasteiger partial charge on any atom is -0.360 e. The summed E-state index contributed by atoms with van der Waals surface area (Å²) in [6.07, 6.45) is 4.95. The zero-order valence-electron chi connectivity index (χ0n) is 7.64. The number of pyridine rings is 2. The Balaban J connectivity index is 0.00000112. The van der Waals surface area contributed by atoms with Crippen molar-refractivity contribution in [2.75, 3.05) is 0 Å². The first-order valence-corrected chi connectivity index (χ1v) is 4.06. The summed E-state index contributed by atoms with van der Waals surface area (Å²) in [5, 5.41) is 0. The van der Waals surface area contributed by atoms with E-state index in [0.29, 0.717) is 11.4 Å². The van der Waals surface area contributed by atoms with Gasteiger partial charge in [0.2, 0.25) is 0 Å². The van der Waals surface area contributed by atoms with Crippen LogP contribution in [0, 0.1) is 12.6 Å². The average molecular weight is 372 g/mol. The van der Waals surface area contributed by atoms with Gasteiger partial charge in [-0.25, -0.2) is 4.85 Å². The van der Waals surface area contributed by atoms with Crippen LogP contribution in [-0.2, 0) is 20.1 Å². The standard InChI is InChI=1S/C11H6N3.Ir/c1-12-10-5-3-7-14-11(10)9-4-2-6-13-8-9;/h2-3,5-8H;/q-1;. The van der Waals surface area contributed by atoms with Crippen molar-refractivity contribution in [3.05, 3.63) is 54.3 Å². The summed E-state index contributed by atoms with van der Waals surface area (Å²) in [6, 6.07) is 8.17. The van der Waals surface area contributed by atoms with Gasteiger partial charge in [-0.2, -0.15) is 0 Å². The molecule has 1 radical (unpaired) electrons. The minimum absolute atomic E-state index is 0. The first-order chi connectivity index (χ1) is 6.92. The molecule has 2 rings (SSSR count). The number of rotatable bonds is 1. The SMILES string of the molecule is [C-]#[N+]c1cccnc1-c1[c-]ccnc1.[Ir]. The molecular formula is C11H6IrN3-. The van der Waals surface area contributed by atoms with Gasteiger partial charge in [-0.3, -0.25) is 0 Å². The molecule has 0 amide bonds. The summed E-state index contributed by atoms with van der Waals surface area (Å²) in [4.78, 5) is 11.5. The fraction of sp³-hybridized carbons (Fsp3) is 0. The molecule has 0 unspecified atom stereocenters. The molecule has 3 nitrogen and oxygen atoms in total. The van der Waals surface area contributed by atoms with Gasteiger partial charge < -0.3 is 9.97 Å². The molecule has 2 heterocycles. The molecule has 0 aliphatic heterocycles. The zero-order valence-corrected chi connectivity index (χ0v) is 10.0. The van der Waals surface area contributed by atoms with Gasteiger partial charge in [0, 0.05) is 26.3 Å². The van der Waals surface area contributed by atoms with Crippen LogP contribution >= 0.6 is 0 Å². The van der Waals surface area contributed by atoms with Crippen LogP contribution in [-0.4, -0.2) is 9.97 Å². The van der Waals surface area contributed by atoms with E-state index in [4.69, 9.17) is 6.57 Å². The summed E-state index contributed by atoms with van der Waals surface area (Å²) >= 11 is 0. The predicted octanol–water partition coefficient (Wildman–Crippen LogP) is 2.49. The molecule has 15 heavy (non-hydrogen) atoms. The summed E-state index contributed by atoms with van der Waals surface area (Å²) in [5.41, 5.74) is 1.91. The summed E-state index contributed by atoms with van der Waals surface area (Å²) in [6.45, 7) is 6.98. The largest absolute Gasteiger partial charge is 0.360 e. The van der Waals surface area contributed by atoms with Crippen LogP contribution in [0.4, 0.5) is 5.69 Å². The Bertz CT molecular complexity index is 477. The van der Waals surface area contributed by atoms with Gasteiger partial charge in [-0.15, -0.1) is 17.7 Å². The van der Waals surface area contributed by atoms with Crippen molar-refractivity contribution >= 4 is 5.69 Å². The van der Waals surface area contributed by atoms with E-state index in [1.54, 1.807) is 36.8 Å². The van der Waals surface area contributed by atoms with Gasteiger partial charge in [0.15, 0.2) is 5.69 Å². The minimum atomic E-state index is 0. The summed E-state index contributed by atoms with van der Waals surface area (Å²) in [7, 11) is 0. The van der Waals surface area contributed by atoms with E-state index in [-0.39, 0.29) is 20.1 Å². The Labute approximate surface area is 101 Å². The van der Waals surface area contributed by atoms with Crippen molar-refractivity contribution < 1.29 is 20.1 Å². The van der Waals surface area contributed by atoms with Crippen molar-refractivity contribution in [3.63, 3.8) is 0 Å². The van der Waals surface area contributed by atoms with Crippen LogP contribution in [0.3, 0.4) is 0 Å². The maximum absolute atomic E-state index is 6.98. The van der Waals surface area contributed by atoms with Gasteiger partial charge in [0.25, 0.3) is 0 Å². The number of hydrogen-bond acceptors (Lipinski definition) is 2.